The molecule has 0 aliphatic heterocycles. The predicted molar refractivity (Wildman–Crippen MR) is 80.1 cm³/mol. The predicted octanol–water partition coefficient (Wildman–Crippen LogP) is 3.87. The molecule has 0 fully saturated rings. The first kappa shape index (κ1) is 13.9. The zero-order valence-electron chi connectivity index (χ0n) is 11.2. The number of benzene rings is 2. The highest BCUT2D eigenvalue weighted by molar-refractivity contribution is 6.13. The molecule has 0 N–H and O–H groups in total. The van der Waals surface area contributed by atoms with Gasteiger partial charge in [0.15, 0.2) is 11.6 Å². The van der Waals surface area contributed by atoms with E-state index in [4.69, 9.17) is 0 Å². The molecule has 0 bridgehead atoms. The maximum atomic E-state index is 12.1. The molecule has 0 unspecified atom stereocenters. The first-order chi connectivity index (χ1) is 9.70. The normalized spacial score (nSPS) is 10.0. The zero-order chi connectivity index (χ0) is 14.4. The first-order valence-corrected chi connectivity index (χ1v) is 6.52. The van der Waals surface area contributed by atoms with Crippen LogP contribution in [-0.2, 0) is 6.42 Å². The van der Waals surface area contributed by atoms with Crippen LogP contribution in [0.15, 0.2) is 67.3 Å². The van der Waals surface area contributed by atoms with Crippen molar-refractivity contribution >= 4 is 11.6 Å². The molecule has 2 aromatic rings. The average Bonchev–Trinajstić information content (AvgIpc) is 2.49. The molecule has 2 heteroatoms. The van der Waals surface area contributed by atoms with E-state index in [0.717, 1.165) is 12.0 Å². The summed E-state index contributed by atoms with van der Waals surface area (Å²) < 4.78 is 0. The van der Waals surface area contributed by atoms with Crippen LogP contribution in [0.25, 0.3) is 0 Å². The molecule has 2 nitrogen and oxygen atoms in total. The van der Waals surface area contributed by atoms with Crippen molar-refractivity contribution in [3.8, 4) is 0 Å². The largest absolute Gasteiger partial charge is 0.294 e. The summed E-state index contributed by atoms with van der Waals surface area (Å²) in [6.07, 6.45) is 2.50. The molecular weight excluding hydrogens is 248 g/mol. The minimum Gasteiger partial charge on any atom is -0.294 e. The second-order valence-electron chi connectivity index (χ2n) is 4.58. The van der Waals surface area contributed by atoms with E-state index in [1.54, 1.807) is 36.4 Å². The summed E-state index contributed by atoms with van der Waals surface area (Å²) in [5, 5.41) is 0. The van der Waals surface area contributed by atoms with Crippen LogP contribution >= 0.6 is 0 Å². The summed E-state index contributed by atoms with van der Waals surface area (Å²) in [6.45, 7) is 3.67. The highest BCUT2D eigenvalue weighted by Crippen LogP contribution is 2.11. The summed E-state index contributed by atoms with van der Waals surface area (Å²) in [7, 11) is 0. The molecular formula is C18H16O2. The summed E-state index contributed by atoms with van der Waals surface area (Å²) in [4.78, 5) is 24.0. The Morgan fingerprint density at radius 2 is 1.40 bits per heavy atom. The van der Waals surface area contributed by atoms with Crippen molar-refractivity contribution in [2.75, 3.05) is 0 Å². The lowest BCUT2D eigenvalue weighted by Gasteiger charge is -2.03. The Kier molecular flexibility index (Phi) is 4.61. The maximum Gasteiger partial charge on any atom is 0.170 e. The van der Waals surface area contributed by atoms with Crippen molar-refractivity contribution in [2.24, 2.45) is 0 Å². The Hall–Kier alpha value is -2.48. The van der Waals surface area contributed by atoms with E-state index < -0.39 is 0 Å². The second kappa shape index (κ2) is 6.62. The molecule has 20 heavy (non-hydrogen) atoms. The first-order valence-electron chi connectivity index (χ1n) is 6.52. The van der Waals surface area contributed by atoms with Gasteiger partial charge in [-0.25, -0.2) is 0 Å². The van der Waals surface area contributed by atoms with E-state index in [9.17, 15) is 9.59 Å². The molecule has 2 aromatic carbocycles. The van der Waals surface area contributed by atoms with Gasteiger partial charge in [0.1, 0.15) is 0 Å². The van der Waals surface area contributed by atoms with Crippen LogP contribution in [0.2, 0.25) is 0 Å². The summed E-state index contributed by atoms with van der Waals surface area (Å²) in [5.41, 5.74) is 2.25. The fourth-order valence-electron chi connectivity index (χ4n) is 1.97. The van der Waals surface area contributed by atoms with Gasteiger partial charge >= 0.3 is 0 Å². The van der Waals surface area contributed by atoms with Crippen molar-refractivity contribution in [3.63, 3.8) is 0 Å². The minimum atomic E-state index is -0.149. The summed E-state index contributed by atoms with van der Waals surface area (Å²) in [5.74, 6) is -0.297. The second-order valence-corrected chi connectivity index (χ2v) is 4.58. The molecule has 2 rings (SSSR count). The van der Waals surface area contributed by atoms with Gasteiger partial charge in [0.25, 0.3) is 0 Å². The monoisotopic (exact) mass is 264 g/mol. The third kappa shape index (κ3) is 3.51. The summed E-state index contributed by atoms with van der Waals surface area (Å²) >= 11 is 0. The highest BCUT2D eigenvalue weighted by Gasteiger charge is 2.13. The molecule has 0 amide bonds. The van der Waals surface area contributed by atoms with Crippen molar-refractivity contribution in [1.29, 1.82) is 0 Å². The number of Topliss-reactive ketones (excluding diaryl/α,β-unsaturated/α-hetero) is 2. The average molecular weight is 264 g/mol. The molecule has 0 heterocycles. The number of carbonyl (C=O) groups excluding carboxylic acids is 2. The van der Waals surface area contributed by atoms with Crippen molar-refractivity contribution in [2.45, 2.75) is 12.8 Å². The quantitative estimate of drug-likeness (QED) is 0.451. The maximum absolute atomic E-state index is 12.1. The third-order valence-electron chi connectivity index (χ3n) is 3.07. The van der Waals surface area contributed by atoms with Crippen LogP contribution in [0.1, 0.15) is 32.7 Å². The van der Waals surface area contributed by atoms with Gasteiger partial charge in [-0.2, -0.15) is 0 Å². The number of rotatable bonds is 6. The number of ketones is 2. The summed E-state index contributed by atoms with van der Waals surface area (Å²) in [6, 6.07) is 16.2. The molecule has 0 aliphatic carbocycles. The van der Waals surface area contributed by atoms with Gasteiger partial charge in [0.2, 0.25) is 0 Å². The minimum absolute atomic E-state index is 0.0924. The zero-order valence-corrected chi connectivity index (χ0v) is 11.2. The number of allylic oxidation sites excluding steroid dienone is 1. The molecule has 100 valence electrons. The molecule has 0 aliphatic rings. The smallest absolute Gasteiger partial charge is 0.170 e. The van der Waals surface area contributed by atoms with E-state index >= 15 is 0 Å². The Morgan fingerprint density at radius 3 is 1.95 bits per heavy atom. The number of hydrogen-bond acceptors (Lipinski definition) is 2. The fourth-order valence-corrected chi connectivity index (χ4v) is 1.97. The standard InChI is InChI=1S/C18H16O2/c1-2-6-14-9-11-16(12-10-14)18(20)13-17(19)15-7-4-3-5-8-15/h2-5,7-12H,1,6,13H2. The third-order valence-corrected chi connectivity index (χ3v) is 3.07. The van der Waals surface area contributed by atoms with Gasteiger partial charge < -0.3 is 0 Å². The molecule has 0 radical (unpaired) electrons. The molecule has 0 atom stereocenters. The lowest BCUT2D eigenvalue weighted by molar-refractivity contribution is 0.0894. The number of hydrogen-bond donors (Lipinski definition) is 0. The van der Waals surface area contributed by atoms with Gasteiger partial charge in [0, 0.05) is 11.1 Å². The molecule has 0 aromatic heterocycles. The van der Waals surface area contributed by atoms with Crippen molar-refractivity contribution in [3.05, 3.63) is 83.9 Å². The Bertz CT molecular complexity index is 610. The Morgan fingerprint density at radius 1 is 0.850 bits per heavy atom. The van der Waals surface area contributed by atoms with E-state index in [2.05, 4.69) is 6.58 Å². The van der Waals surface area contributed by atoms with Crippen LogP contribution < -0.4 is 0 Å². The highest BCUT2D eigenvalue weighted by atomic mass is 16.1. The lowest BCUT2D eigenvalue weighted by Crippen LogP contribution is -2.08. The van der Waals surface area contributed by atoms with Crippen LogP contribution in [0.4, 0.5) is 0 Å². The van der Waals surface area contributed by atoms with Gasteiger partial charge in [-0.15, -0.1) is 6.58 Å². The van der Waals surface area contributed by atoms with E-state index in [1.807, 2.05) is 24.3 Å². The van der Waals surface area contributed by atoms with Crippen molar-refractivity contribution in [1.82, 2.24) is 0 Å². The molecule has 0 saturated carbocycles. The van der Waals surface area contributed by atoms with Crippen LogP contribution in [0.3, 0.4) is 0 Å². The van der Waals surface area contributed by atoms with Gasteiger partial charge in [-0.1, -0.05) is 60.7 Å². The molecule has 0 spiro atoms. The fraction of sp³-hybridized carbons (Fsp3) is 0.111. The molecule has 0 saturated heterocycles. The van der Waals surface area contributed by atoms with Crippen LogP contribution in [0, 0.1) is 0 Å². The topological polar surface area (TPSA) is 34.1 Å². The van der Waals surface area contributed by atoms with E-state index in [1.165, 1.54) is 0 Å². The van der Waals surface area contributed by atoms with Crippen molar-refractivity contribution < 1.29 is 9.59 Å². The van der Waals surface area contributed by atoms with E-state index in [0.29, 0.717) is 11.1 Å². The van der Waals surface area contributed by atoms with Gasteiger partial charge in [-0.05, 0) is 12.0 Å². The van der Waals surface area contributed by atoms with Gasteiger partial charge in [-0.3, -0.25) is 9.59 Å². The van der Waals surface area contributed by atoms with Gasteiger partial charge in [0.05, 0.1) is 6.42 Å². The Labute approximate surface area is 118 Å². The van der Waals surface area contributed by atoms with Crippen LogP contribution in [-0.4, -0.2) is 11.6 Å². The number of carbonyl (C=O) groups is 2. The van der Waals surface area contributed by atoms with Crippen LogP contribution in [0.5, 0.6) is 0 Å². The van der Waals surface area contributed by atoms with E-state index in [-0.39, 0.29) is 18.0 Å². The lowest BCUT2D eigenvalue weighted by atomic mass is 10.0. The Balaban J connectivity index is 2.04. The SMILES string of the molecule is C=CCc1ccc(C(=O)CC(=O)c2ccccc2)cc1.